The molecule has 0 aliphatic carbocycles. The van der Waals surface area contributed by atoms with Crippen molar-refractivity contribution in [2.45, 2.75) is 47.0 Å². The van der Waals surface area contributed by atoms with E-state index in [-0.39, 0.29) is 0 Å². The van der Waals surface area contributed by atoms with Crippen LogP contribution in [0.25, 0.3) is 0 Å². The quantitative estimate of drug-likeness (QED) is 0.725. The van der Waals surface area contributed by atoms with Crippen LogP contribution in [0.15, 0.2) is 18.2 Å². The van der Waals surface area contributed by atoms with Crippen molar-refractivity contribution in [3.8, 4) is 5.75 Å². The number of rotatable bonds is 8. The number of hydrogen-bond donors (Lipinski definition) is 1. The van der Waals surface area contributed by atoms with E-state index in [1.54, 1.807) is 0 Å². The highest BCUT2D eigenvalue weighted by Crippen LogP contribution is 2.26. The summed E-state index contributed by atoms with van der Waals surface area (Å²) in [5, 5.41) is 3.53. The summed E-state index contributed by atoms with van der Waals surface area (Å²) in [6.45, 7) is 10.5. The maximum atomic E-state index is 5.80. The van der Waals surface area contributed by atoms with E-state index in [9.17, 15) is 0 Å². The van der Waals surface area contributed by atoms with Gasteiger partial charge in [-0.3, -0.25) is 0 Å². The van der Waals surface area contributed by atoms with Crippen LogP contribution in [0.2, 0.25) is 0 Å². The zero-order valence-corrected chi connectivity index (χ0v) is 12.3. The minimum absolute atomic E-state index is 0.741. The standard InChI is InChI=1S/C16H27NO/c1-5-10-18-16-11-13(4)8-9-15(16)17-12-14(6-2)7-3/h8-9,11,14,17H,5-7,10,12H2,1-4H3. The molecule has 0 heterocycles. The van der Waals surface area contributed by atoms with E-state index in [4.69, 9.17) is 4.74 Å². The van der Waals surface area contributed by atoms with Crippen LogP contribution in [-0.4, -0.2) is 13.2 Å². The van der Waals surface area contributed by atoms with Crippen LogP contribution in [0.3, 0.4) is 0 Å². The third kappa shape index (κ3) is 4.59. The van der Waals surface area contributed by atoms with Gasteiger partial charge in [0.1, 0.15) is 5.75 Å². The second-order valence-corrected chi connectivity index (χ2v) is 4.91. The second kappa shape index (κ2) is 8.02. The Bertz CT molecular complexity index is 345. The highest BCUT2D eigenvalue weighted by molar-refractivity contribution is 5.57. The fraction of sp³-hybridized carbons (Fsp3) is 0.625. The molecule has 0 aliphatic rings. The first-order valence-electron chi connectivity index (χ1n) is 7.18. The first-order chi connectivity index (χ1) is 8.71. The first kappa shape index (κ1) is 14.9. The van der Waals surface area contributed by atoms with E-state index < -0.39 is 0 Å². The molecule has 0 spiro atoms. The largest absolute Gasteiger partial charge is 0.491 e. The minimum Gasteiger partial charge on any atom is -0.491 e. The van der Waals surface area contributed by atoms with Gasteiger partial charge in [-0.25, -0.2) is 0 Å². The summed E-state index contributed by atoms with van der Waals surface area (Å²) in [5.41, 5.74) is 2.37. The Morgan fingerprint density at radius 3 is 2.50 bits per heavy atom. The Balaban J connectivity index is 2.68. The second-order valence-electron chi connectivity index (χ2n) is 4.91. The summed E-state index contributed by atoms with van der Waals surface area (Å²) in [6.07, 6.45) is 3.49. The van der Waals surface area contributed by atoms with Gasteiger partial charge in [0.25, 0.3) is 0 Å². The zero-order valence-electron chi connectivity index (χ0n) is 12.3. The van der Waals surface area contributed by atoms with Crippen LogP contribution in [0.4, 0.5) is 5.69 Å². The predicted octanol–water partition coefficient (Wildman–Crippen LogP) is 4.63. The van der Waals surface area contributed by atoms with Crippen LogP contribution in [0.5, 0.6) is 5.75 Å². The summed E-state index contributed by atoms with van der Waals surface area (Å²) in [7, 11) is 0. The monoisotopic (exact) mass is 249 g/mol. The van der Waals surface area contributed by atoms with Gasteiger partial charge in [-0.1, -0.05) is 39.7 Å². The fourth-order valence-electron chi connectivity index (χ4n) is 1.94. The Hall–Kier alpha value is -1.18. The van der Waals surface area contributed by atoms with Crippen LogP contribution in [0, 0.1) is 12.8 Å². The average molecular weight is 249 g/mol. The molecule has 2 nitrogen and oxygen atoms in total. The maximum absolute atomic E-state index is 5.80. The van der Waals surface area contributed by atoms with Crippen molar-refractivity contribution in [2.24, 2.45) is 5.92 Å². The molecule has 18 heavy (non-hydrogen) atoms. The van der Waals surface area contributed by atoms with E-state index in [1.807, 2.05) is 0 Å². The molecule has 1 rings (SSSR count). The molecule has 0 bridgehead atoms. The smallest absolute Gasteiger partial charge is 0.142 e. The molecule has 1 aromatic rings. The Morgan fingerprint density at radius 2 is 1.89 bits per heavy atom. The van der Waals surface area contributed by atoms with Crippen molar-refractivity contribution in [1.29, 1.82) is 0 Å². The van der Waals surface area contributed by atoms with Crippen molar-refractivity contribution in [1.82, 2.24) is 0 Å². The van der Waals surface area contributed by atoms with Crippen molar-refractivity contribution in [3.63, 3.8) is 0 Å². The molecular formula is C16H27NO. The zero-order chi connectivity index (χ0) is 13.4. The number of hydrogen-bond acceptors (Lipinski definition) is 2. The molecule has 0 aliphatic heterocycles. The summed E-state index contributed by atoms with van der Waals surface area (Å²) in [5.74, 6) is 1.73. The molecule has 0 aromatic heterocycles. The normalized spacial score (nSPS) is 10.7. The topological polar surface area (TPSA) is 21.3 Å². The molecule has 0 unspecified atom stereocenters. The van der Waals surface area contributed by atoms with E-state index in [0.717, 1.165) is 36.9 Å². The van der Waals surface area contributed by atoms with Gasteiger partial charge < -0.3 is 10.1 Å². The summed E-state index contributed by atoms with van der Waals surface area (Å²) in [6, 6.07) is 6.38. The average Bonchev–Trinajstić information content (AvgIpc) is 2.39. The lowest BCUT2D eigenvalue weighted by molar-refractivity contribution is 0.318. The Kier molecular flexibility index (Phi) is 6.63. The van der Waals surface area contributed by atoms with Crippen LogP contribution in [0.1, 0.15) is 45.6 Å². The van der Waals surface area contributed by atoms with Gasteiger partial charge in [0.05, 0.1) is 12.3 Å². The number of ether oxygens (including phenoxy) is 1. The van der Waals surface area contributed by atoms with Gasteiger partial charge in [-0.15, -0.1) is 0 Å². The lowest BCUT2D eigenvalue weighted by Gasteiger charge is -2.17. The van der Waals surface area contributed by atoms with Crippen LogP contribution >= 0.6 is 0 Å². The van der Waals surface area contributed by atoms with Crippen molar-refractivity contribution < 1.29 is 4.74 Å². The molecule has 2 heteroatoms. The minimum atomic E-state index is 0.741. The lowest BCUT2D eigenvalue weighted by atomic mass is 10.0. The fourth-order valence-corrected chi connectivity index (χ4v) is 1.94. The van der Waals surface area contributed by atoms with Gasteiger partial charge >= 0.3 is 0 Å². The molecule has 0 saturated carbocycles. The third-order valence-corrected chi connectivity index (χ3v) is 3.33. The molecule has 0 fully saturated rings. The van der Waals surface area contributed by atoms with Gasteiger partial charge in [-0.05, 0) is 37.0 Å². The molecule has 1 N–H and O–H groups in total. The molecule has 0 saturated heterocycles. The Morgan fingerprint density at radius 1 is 1.17 bits per heavy atom. The molecule has 0 amide bonds. The highest BCUT2D eigenvalue weighted by atomic mass is 16.5. The summed E-state index contributed by atoms with van der Waals surface area (Å²) >= 11 is 0. The lowest BCUT2D eigenvalue weighted by Crippen LogP contribution is -2.13. The van der Waals surface area contributed by atoms with E-state index in [1.165, 1.54) is 18.4 Å². The van der Waals surface area contributed by atoms with Crippen LogP contribution in [-0.2, 0) is 0 Å². The maximum Gasteiger partial charge on any atom is 0.142 e. The van der Waals surface area contributed by atoms with Gasteiger partial charge in [-0.2, -0.15) is 0 Å². The van der Waals surface area contributed by atoms with Crippen molar-refractivity contribution in [3.05, 3.63) is 23.8 Å². The number of aryl methyl sites for hydroxylation is 1. The number of anilines is 1. The molecule has 0 atom stereocenters. The molecule has 1 aromatic carbocycles. The molecular weight excluding hydrogens is 222 g/mol. The molecule has 0 radical (unpaired) electrons. The third-order valence-electron chi connectivity index (χ3n) is 3.33. The Labute approximate surface area is 112 Å². The van der Waals surface area contributed by atoms with E-state index in [0.29, 0.717) is 0 Å². The van der Waals surface area contributed by atoms with Crippen molar-refractivity contribution >= 4 is 5.69 Å². The summed E-state index contributed by atoms with van der Waals surface area (Å²) < 4.78 is 5.80. The van der Waals surface area contributed by atoms with E-state index >= 15 is 0 Å². The van der Waals surface area contributed by atoms with E-state index in [2.05, 4.69) is 51.2 Å². The van der Waals surface area contributed by atoms with Gasteiger partial charge in [0, 0.05) is 6.54 Å². The van der Waals surface area contributed by atoms with Gasteiger partial charge in [0.2, 0.25) is 0 Å². The predicted molar refractivity (Wildman–Crippen MR) is 79.5 cm³/mol. The number of nitrogens with one attached hydrogen (secondary N) is 1. The summed E-state index contributed by atoms with van der Waals surface area (Å²) in [4.78, 5) is 0. The van der Waals surface area contributed by atoms with Gasteiger partial charge in [0.15, 0.2) is 0 Å². The first-order valence-corrected chi connectivity index (χ1v) is 7.18. The van der Waals surface area contributed by atoms with Crippen LogP contribution < -0.4 is 10.1 Å². The molecule has 102 valence electrons. The number of benzene rings is 1. The highest BCUT2D eigenvalue weighted by Gasteiger charge is 2.07. The SMILES string of the molecule is CCCOc1cc(C)ccc1NCC(CC)CC. The van der Waals surface area contributed by atoms with Crippen molar-refractivity contribution in [2.75, 3.05) is 18.5 Å².